The maximum Gasteiger partial charge on any atom is 0.284 e. The summed E-state index contributed by atoms with van der Waals surface area (Å²) in [5.74, 6) is 0.229. The summed E-state index contributed by atoms with van der Waals surface area (Å²) in [6.07, 6.45) is 1.52. The molecule has 0 aliphatic carbocycles. The predicted octanol–water partition coefficient (Wildman–Crippen LogP) is 4.52. The highest BCUT2D eigenvalue weighted by Gasteiger charge is 2.21. The second kappa shape index (κ2) is 9.46. The number of anilines is 3. The number of sulfonamides is 1. The van der Waals surface area contributed by atoms with Crippen molar-refractivity contribution in [2.24, 2.45) is 4.40 Å². The zero-order valence-electron chi connectivity index (χ0n) is 18.6. The summed E-state index contributed by atoms with van der Waals surface area (Å²) in [6.45, 7) is 0.793. The van der Waals surface area contributed by atoms with E-state index < -0.39 is 10.0 Å². The minimum atomic E-state index is -3.87. The molecule has 0 unspecified atom stereocenters. The molecule has 0 bridgehead atoms. The molecule has 4 rings (SSSR count). The lowest BCUT2D eigenvalue weighted by molar-refractivity contribution is 0.102. The Bertz CT molecular complexity index is 1290. The van der Waals surface area contributed by atoms with Crippen molar-refractivity contribution in [3.05, 3.63) is 84.4 Å². The Morgan fingerprint density at radius 1 is 1.00 bits per heavy atom. The number of nitrogens with one attached hydrogen (secondary N) is 1. The van der Waals surface area contributed by atoms with Crippen molar-refractivity contribution in [1.29, 1.82) is 0 Å². The van der Waals surface area contributed by atoms with Crippen molar-refractivity contribution in [2.75, 3.05) is 30.9 Å². The van der Waals surface area contributed by atoms with Gasteiger partial charge in [0, 0.05) is 38.4 Å². The van der Waals surface area contributed by atoms with Crippen LogP contribution >= 0.6 is 0 Å². The summed E-state index contributed by atoms with van der Waals surface area (Å²) in [5, 5.41) is 2.83. The molecule has 0 saturated carbocycles. The second-order valence-corrected chi connectivity index (χ2v) is 9.51. The molecule has 0 atom stereocenters. The van der Waals surface area contributed by atoms with Crippen molar-refractivity contribution in [3.8, 4) is 0 Å². The fourth-order valence-corrected chi connectivity index (χ4v) is 4.92. The van der Waals surface area contributed by atoms with Crippen LogP contribution in [0.25, 0.3) is 0 Å². The Balaban J connectivity index is 1.58. The molecular weight excluding hydrogens is 436 g/mol. The monoisotopic (exact) mass is 462 g/mol. The van der Waals surface area contributed by atoms with E-state index in [0.717, 1.165) is 24.3 Å². The van der Waals surface area contributed by atoms with E-state index in [-0.39, 0.29) is 10.8 Å². The van der Waals surface area contributed by atoms with E-state index in [1.165, 1.54) is 12.1 Å². The zero-order chi connectivity index (χ0) is 23.4. The van der Waals surface area contributed by atoms with Gasteiger partial charge < -0.3 is 15.1 Å². The molecule has 0 aromatic heterocycles. The van der Waals surface area contributed by atoms with Crippen molar-refractivity contribution < 1.29 is 13.2 Å². The first-order chi connectivity index (χ1) is 15.8. The third kappa shape index (κ3) is 5.06. The molecule has 1 amide bonds. The van der Waals surface area contributed by atoms with Crippen molar-refractivity contribution >= 4 is 38.8 Å². The standard InChI is InChI=1S/C25H26N4O3S/c1-28-17-9-16-24(28)27-33(31,32)21-13-8-10-19(18-21)26-25(30)22-14-6-7-15-23(22)29(2)20-11-4-3-5-12-20/h3-8,10-15,18H,9,16-17H2,1-2H3,(H,26,30). The molecule has 0 spiro atoms. The Labute approximate surface area is 194 Å². The van der Waals surface area contributed by atoms with E-state index in [0.29, 0.717) is 23.5 Å². The minimum Gasteiger partial charge on any atom is -0.362 e. The number of rotatable bonds is 6. The molecule has 1 fully saturated rings. The molecule has 1 aliphatic rings. The fraction of sp³-hybridized carbons (Fsp3) is 0.200. The summed E-state index contributed by atoms with van der Waals surface area (Å²) in [4.78, 5) is 17.0. The van der Waals surface area contributed by atoms with E-state index in [2.05, 4.69) is 9.71 Å². The van der Waals surface area contributed by atoms with Gasteiger partial charge in [-0.1, -0.05) is 36.4 Å². The number of amides is 1. The van der Waals surface area contributed by atoms with Gasteiger partial charge in [-0.2, -0.15) is 8.42 Å². The molecule has 1 heterocycles. The maximum atomic E-state index is 13.1. The molecule has 33 heavy (non-hydrogen) atoms. The SMILES string of the molecule is CN1CCCC1=NS(=O)(=O)c1cccc(NC(=O)c2ccccc2N(C)c2ccccc2)c1. The van der Waals surface area contributed by atoms with Crippen LogP contribution in [0.3, 0.4) is 0 Å². The molecule has 170 valence electrons. The normalized spacial score (nSPS) is 15.0. The van der Waals surface area contributed by atoms with Gasteiger partial charge in [0.15, 0.2) is 0 Å². The third-order valence-corrected chi connectivity index (χ3v) is 6.90. The summed E-state index contributed by atoms with van der Waals surface area (Å²) in [7, 11) is -0.139. The molecule has 7 nitrogen and oxygen atoms in total. The van der Waals surface area contributed by atoms with Gasteiger partial charge in [0.25, 0.3) is 15.9 Å². The lowest BCUT2D eigenvalue weighted by Gasteiger charge is -2.22. The van der Waals surface area contributed by atoms with E-state index >= 15 is 0 Å². The summed E-state index contributed by atoms with van der Waals surface area (Å²) in [5.41, 5.74) is 2.55. The van der Waals surface area contributed by atoms with Crippen LogP contribution in [0.4, 0.5) is 17.1 Å². The number of nitrogens with zero attached hydrogens (tertiary/aromatic N) is 3. The van der Waals surface area contributed by atoms with Crippen molar-refractivity contribution in [3.63, 3.8) is 0 Å². The lowest BCUT2D eigenvalue weighted by Crippen LogP contribution is -2.20. The van der Waals surface area contributed by atoms with Crippen LogP contribution in [0, 0.1) is 0 Å². The fourth-order valence-electron chi connectivity index (χ4n) is 3.78. The number of carbonyl (C=O) groups is 1. The summed E-state index contributed by atoms with van der Waals surface area (Å²) >= 11 is 0. The van der Waals surface area contributed by atoms with Crippen LogP contribution in [0.2, 0.25) is 0 Å². The minimum absolute atomic E-state index is 0.0442. The zero-order valence-corrected chi connectivity index (χ0v) is 19.4. The number of para-hydroxylation sites is 2. The van der Waals surface area contributed by atoms with Gasteiger partial charge >= 0.3 is 0 Å². The number of hydrogen-bond donors (Lipinski definition) is 1. The Morgan fingerprint density at radius 3 is 2.45 bits per heavy atom. The average molecular weight is 463 g/mol. The number of amidine groups is 1. The van der Waals surface area contributed by atoms with Gasteiger partial charge in [-0.25, -0.2) is 0 Å². The van der Waals surface area contributed by atoms with Gasteiger partial charge in [-0.05, 0) is 48.9 Å². The van der Waals surface area contributed by atoms with Crippen LogP contribution in [0.15, 0.2) is 88.2 Å². The summed E-state index contributed by atoms with van der Waals surface area (Å²) in [6, 6.07) is 23.2. The van der Waals surface area contributed by atoms with E-state index in [9.17, 15) is 13.2 Å². The highest BCUT2D eigenvalue weighted by molar-refractivity contribution is 7.90. The number of likely N-dealkylation sites (tertiary alicyclic amines) is 1. The van der Waals surface area contributed by atoms with E-state index in [4.69, 9.17) is 0 Å². The number of hydrogen-bond acceptors (Lipinski definition) is 4. The van der Waals surface area contributed by atoms with Crippen LogP contribution in [0.5, 0.6) is 0 Å². The van der Waals surface area contributed by atoms with Crippen LogP contribution in [-0.2, 0) is 10.0 Å². The van der Waals surface area contributed by atoms with E-state index in [1.807, 2.05) is 66.4 Å². The van der Waals surface area contributed by atoms with Crippen LogP contribution < -0.4 is 10.2 Å². The number of benzene rings is 3. The van der Waals surface area contributed by atoms with Crippen LogP contribution in [0.1, 0.15) is 23.2 Å². The number of carbonyl (C=O) groups excluding carboxylic acids is 1. The smallest absolute Gasteiger partial charge is 0.284 e. The predicted molar refractivity (Wildman–Crippen MR) is 132 cm³/mol. The first-order valence-electron chi connectivity index (χ1n) is 10.7. The Morgan fingerprint density at radius 2 is 1.73 bits per heavy atom. The molecule has 3 aromatic carbocycles. The first kappa shape index (κ1) is 22.5. The van der Waals surface area contributed by atoms with Crippen LogP contribution in [-0.4, -0.2) is 45.7 Å². The molecule has 1 N–H and O–H groups in total. The van der Waals surface area contributed by atoms with E-state index in [1.54, 1.807) is 24.3 Å². The van der Waals surface area contributed by atoms with Gasteiger partial charge in [-0.15, -0.1) is 4.40 Å². The highest BCUT2D eigenvalue weighted by Crippen LogP contribution is 2.28. The molecule has 3 aromatic rings. The molecule has 1 aliphatic heterocycles. The van der Waals surface area contributed by atoms with Gasteiger partial charge in [0.05, 0.1) is 16.1 Å². The first-order valence-corrected chi connectivity index (χ1v) is 12.1. The quantitative estimate of drug-likeness (QED) is 0.582. The Kier molecular flexibility index (Phi) is 6.46. The average Bonchev–Trinajstić information content (AvgIpc) is 3.23. The summed E-state index contributed by atoms with van der Waals surface area (Å²) < 4.78 is 29.6. The lowest BCUT2D eigenvalue weighted by atomic mass is 10.1. The highest BCUT2D eigenvalue weighted by atomic mass is 32.2. The van der Waals surface area contributed by atoms with Gasteiger partial charge in [-0.3, -0.25) is 4.79 Å². The Hall–Kier alpha value is -3.65. The molecule has 0 radical (unpaired) electrons. The molecule has 8 heteroatoms. The maximum absolute atomic E-state index is 13.1. The second-order valence-electron chi connectivity index (χ2n) is 7.90. The van der Waals surface area contributed by atoms with Crippen molar-refractivity contribution in [1.82, 2.24) is 4.90 Å². The largest absolute Gasteiger partial charge is 0.362 e. The van der Waals surface area contributed by atoms with Crippen molar-refractivity contribution in [2.45, 2.75) is 17.7 Å². The molecule has 1 saturated heterocycles. The molecular formula is C25H26N4O3S. The third-order valence-electron chi connectivity index (χ3n) is 5.60. The topological polar surface area (TPSA) is 82.1 Å². The van der Waals surface area contributed by atoms with Gasteiger partial charge in [0.2, 0.25) is 0 Å². The van der Waals surface area contributed by atoms with Gasteiger partial charge in [0.1, 0.15) is 5.84 Å².